The summed E-state index contributed by atoms with van der Waals surface area (Å²) in [7, 11) is 0. The maximum Gasteiger partial charge on any atom is 0.347 e. The van der Waals surface area contributed by atoms with Crippen molar-refractivity contribution in [3.63, 3.8) is 0 Å². The summed E-state index contributed by atoms with van der Waals surface area (Å²) in [4.78, 5) is 22.9. The van der Waals surface area contributed by atoms with Crippen molar-refractivity contribution in [2.45, 2.75) is 83.1 Å². The molecule has 0 amide bonds. The van der Waals surface area contributed by atoms with E-state index >= 15 is 0 Å². The summed E-state index contributed by atoms with van der Waals surface area (Å²) in [5.74, 6) is -1.03. The van der Waals surface area contributed by atoms with Crippen LogP contribution in [-0.2, 0) is 4.74 Å². The van der Waals surface area contributed by atoms with Crippen LogP contribution in [0, 0.1) is 27.7 Å². The second-order valence-electron chi connectivity index (χ2n) is 3.93. The van der Waals surface area contributed by atoms with Gasteiger partial charge in [0.05, 0.1) is 11.1 Å². The SMILES string of the molecule is CC.CC.CC.CC.Cc1c(C)c(C)c2c(c1C)C(=O)OC2=O. The lowest BCUT2D eigenvalue weighted by atomic mass is 9.90. The van der Waals surface area contributed by atoms with Crippen molar-refractivity contribution in [3.05, 3.63) is 33.4 Å². The highest BCUT2D eigenvalue weighted by Crippen LogP contribution is 2.31. The summed E-state index contributed by atoms with van der Waals surface area (Å²) in [6.45, 7) is 23.6. The van der Waals surface area contributed by atoms with Gasteiger partial charge in [0.15, 0.2) is 0 Å². The number of benzene rings is 1. The van der Waals surface area contributed by atoms with Crippen molar-refractivity contribution in [2.75, 3.05) is 0 Å². The highest BCUT2D eigenvalue weighted by Gasteiger charge is 2.34. The van der Waals surface area contributed by atoms with Crippen molar-refractivity contribution >= 4 is 11.9 Å². The number of carbonyl (C=O) groups is 2. The first kappa shape index (κ1) is 26.3. The first-order valence-corrected chi connectivity index (χ1v) is 8.82. The lowest BCUT2D eigenvalue weighted by molar-refractivity contribution is 0.0443. The Kier molecular flexibility index (Phi) is 16.0. The van der Waals surface area contributed by atoms with Gasteiger partial charge in [-0.05, 0) is 49.9 Å². The average molecular weight is 325 g/mol. The number of fused-ring (bicyclic) bond motifs is 1. The molecule has 3 heteroatoms. The molecule has 0 aliphatic carbocycles. The Morgan fingerprint density at radius 2 is 0.696 bits per heavy atom. The fourth-order valence-corrected chi connectivity index (χ4v) is 2.01. The molecule has 0 unspecified atom stereocenters. The maximum absolute atomic E-state index is 11.5. The molecule has 1 aliphatic heterocycles. The van der Waals surface area contributed by atoms with E-state index < -0.39 is 11.9 Å². The first-order chi connectivity index (χ1) is 10.9. The molecule has 0 saturated heterocycles. The number of hydrogen-bond donors (Lipinski definition) is 0. The predicted octanol–water partition coefficient (Wildman–Crippen LogP) is 6.34. The summed E-state index contributed by atoms with van der Waals surface area (Å²) in [6.07, 6.45) is 0. The number of hydrogen-bond acceptors (Lipinski definition) is 3. The summed E-state index contributed by atoms with van der Waals surface area (Å²) in [6, 6.07) is 0. The van der Waals surface area contributed by atoms with Gasteiger partial charge in [0.1, 0.15) is 0 Å². The molecule has 1 aromatic carbocycles. The molecule has 0 aromatic heterocycles. The van der Waals surface area contributed by atoms with Crippen LogP contribution in [0.3, 0.4) is 0 Å². The molecule has 0 N–H and O–H groups in total. The quantitative estimate of drug-likeness (QED) is 0.413. The summed E-state index contributed by atoms with van der Waals surface area (Å²) in [5, 5.41) is 0. The maximum atomic E-state index is 11.5. The molecular weight excluding hydrogens is 288 g/mol. The molecule has 0 saturated carbocycles. The van der Waals surface area contributed by atoms with Gasteiger partial charge in [-0.25, -0.2) is 9.59 Å². The smallest absolute Gasteiger partial charge is 0.347 e. The van der Waals surface area contributed by atoms with Gasteiger partial charge in [0, 0.05) is 0 Å². The van der Waals surface area contributed by atoms with Crippen molar-refractivity contribution in [1.82, 2.24) is 0 Å². The van der Waals surface area contributed by atoms with Gasteiger partial charge in [-0.2, -0.15) is 0 Å². The minimum atomic E-state index is -0.515. The molecule has 0 bridgehead atoms. The third kappa shape index (κ3) is 5.81. The van der Waals surface area contributed by atoms with Crippen molar-refractivity contribution in [1.29, 1.82) is 0 Å². The summed E-state index contributed by atoms with van der Waals surface area (Å²) < 4.78 is 4.63. The van der Waals surface area contributed by atoms with Crippen LogP contribution in [0.4, 0.5) is 0 Å². The molecule has 23 heavy (non-hydrogen) atoms. The summed E-state index contributed by atoms with van der Waals surface area (Å²) in [5.41, 5.74) is 4.70. The standard InChI is InChI=1S/C12H12O3.4C2H6/c1-5-6(2)8(4)10-9(7(5)3)11(13)15-12(10)14;4*1-2/h1-4H3;4*1-2H3. The topological polar surface area (TPSA) is 43.4 Å². The highest BCUT2D eigenvalue weighted by molar-refractivity contribution is 6.16. The van der Waals surface area contributed by atoms with Crippen LogP contribution in [0.5, 0.6) is 0 Å². The zero-order valence-corrected chi connectivity index (χ0v) is 17.2. The zero-order valence-electron chi connectivity index (χ0n) is 17.2. The van der Waals surface area contributed by atoms with Crippen molar-refractivity contribution in [2.24, 2.45) is 0 Å². The highest BCUT2D eigenvalue weighted by atomic mass is 16.6. The van der Waals surface area contributed by atoms with E-state index in [0.29, 0.717) is 11.1 Å². The van der Waals surface area contributed by atoms with Crippen LogP contribution in [-0.4, -0.2) is 11.9 Å². The van der Waals surface area contributed by atoms with Crippen LogP contribution in [0.2, 0.25) is 0 Å². The van der Waals surface area contributed by atoms with Gasteiger partial charge in [-0.3, -0.25) is 0 Å². The Balaban J connectivity index is -0.000000438. The van der Waals surface area contributed by atoms with E-state index in [9.17, 15) is 9.59 Å². The molecule has 3 nitrogen and oxygen atoms in total. The molecule has 0 atom stereocenters. The largest absolute Gasteiger partial charge is 0.386 e. The normalized spacial score (nSPS) is 10.3. The fraction of sp³-hybridized carbons (Fsp3) is 0.600. The van der Waals surface area contributed by atoms with E-state index in [1.807, 2.05) is 83.1 Å². The van der Waals surface area contributed by atoms with Crippen LogP contribution < -0.4 is 0 Å². The number of carbonyl (C=O) groups excluding carboxylic acids is 2. The molecule has 1 heterocycles. The molecule has 2 rings (SSSR count). The third-order valence-electron chi connectivity index (χ3n) is 3.28. The molecule has 0 fully saturated rings. The van der Waals surface area contributed by atoms with Gasteiger partial charge in [0.2, 0.25) is 0 Å². The number of cyclic esters (lactones) is 2. The minimum Gasteiger partial charge on any atom is -0.386 e. The second-order valence-corrected chi connectivity index (χ2v) is 3.93. The van der Waals surface area contributed by atoms with Crippen LogP contribution >= 0.6 is 0 Å². The van der Waals surface area contributed by atoms with Gasteiger partial charge in [0.25, 0.3) is 0 Å². The van der Waals surface area contributed by atoms with E-state index in [1.54, 1.807) is 0 Å². The van der Waals surface area contributed by atoms with Crippen molar-refractivity contribution in [3.8, 4) is 0 Å². The van der Waals surface area contributed by atoms with E-state index in [4.69, 9.17) is 0 Å². The molecule has 0 radical (unpaired) electrons. The minimum absolute atomic E-state index is 0.445. The zero-order chi connectivity index (χ0) is 19.3. The average Bonchev–Trinajstić information content (AvgIpc) is 2.92. The number of ether oxygens (including phenoxy) is 1. The van der Waals surface area contributed by atoms with E-state index in [2.05, 4.69) is 4.74 Å². The van der Waals surface area contributed by atoms with E-state index in [0.717, 1.165) is 22.3 Å². The molecule has 0 spiro atoms. The number of rotatable bonds is 0. The Morgan fingerprint density at radius 3 is 0.913 bits per heavy atom. The van der Waals surface area contributed by atoms with Crippen LogP contribution in [0.1, 0.15) is 98.4 Å². The Bertz CT molecular complexity index is 455. The monoisotopic (exact) mass is 324 g/mol. The molecule has 134 valence electrons. The Hall–Kier alpha value is -1.64. The van der Waals surface area contributed by atoms with Crippen molar-refractivity contribution < 1.29 is 14.3 Å². The molecule has 1 aromatic rings. The van der Waals surface area contributed by atoms with Gasteiger partial charge < -0.3 is 4.74 Å². The van der Waals surface area contributed by atoms with E-state index in [-0.39, 0.29) is 0 Å². The molecular formula is C20H36O3. The van der Waals surface area contributed by atoms with Crippen LogP contribution in [0.25, 0.3) is 0 Å². The first-order valence-electron chi connectivity index (χ1n) is 8.82. The Labute approximate surface area is 143 Å². The van der Waals surface area contributed by atoms with Gasteiger partial charge >= 0.3 is 11.9 Å². The second kappa shape index (κ2) is 14.0. The van der Waals surface area contributed by atoms with Gasteiger partial charge in [-0.1, -0.05) is 55.4 Å². The lowest BCUT2D eigenvalue weighted by Crippen LogP contribution is -2.04. The summed E-state index contributed by atoms with van der Waals surface area (Å²) >= 11 is 0. The molecule has 1 aliphatic rings. The number of esters is 2. The van der Waals surface area contributed by atoms with E-state index in [1.165, 1.54) is 0 Å². The van der Waals surface area contributed by atoms with Crippen LogP contribution in [0.15, 0.2) is 0 Å². The third-order valence-corrected chi connectivity index (χ3v) is 3.28. The predicted molar refractivity (Wildman–Crippen MR) is 101 cm³/mol. The fourth-order valence-electron chi connectivity index (χ4n) is 2.01. The lowest BCUT2D eigenvalue weighted by Gasteiger charge is -2.11. The Morgan fingerprint density at radius 1 is 0.478 bits per heavy atom. The van der Waals surface area contributed by atoms with Gasteiger partial charge in [-0.15, -0.1) is 0 Å².